The van der Waals surface area contributed by atoms with Crippen molar-refractivity contribution in [1.29, 1.82) is 0 Å². The van der Waals surface area contributed by atoms with Crippen molar-refractivity contribution in [2.75, 3.05) is 12.3 Å². The molecule has 0 fully saturated rings. The van der Waals surface area contributed by atoms with Gasteiger partial charge in [0.2, 0.25) is 10.0 Å². The Balaban J connectivity index is 4.73. The van der Waals surface area contributed by atoms with Gasteiger partial charge in [-0.25, -0.2) is 12.7 Å². The smallest absolute Gasteiger partial charge is 0.211 e. The topological polar surface area (TPSA) is 37.4 Å². The molecule has 3 nitrogen and oxygen atoms in total. The maximum absolute atomic E-state index is 11.4. The molecule has 0 aromatic carbocycles. The van der Waals surface area contributed by atoms with Crippen molar-refractivity contribution in [2.45, 2.75) is 33.7 Å². The molecular weight excluding hydrogens is 210 g/mol. The van der Waals surface area contributed by atoms with Crippen LogP contribution in [0.4, 0.5) is 0 Å². The summed E-state index contributed by atoms with van der Waals surface area (Å²) >= 11 is 5.35. The van der Waals surface area contributed by atoms with Crippen LogP contribution in [0.25, 0.3) is 0 Å². The summed E-state index contributed by atoms with van der Waals surface area (Å²) in [7, 11) is -1.72. The van der Waals surface area contributed by atoms with Crippen LogP contribution in [0.15, 0.2) is 0 Å². The molecular formula is C8H18ClNO2S. The number of nitrogens with zero attached hydrogens (tertiary/aromatic N) is 1. The van der Waals surface area contributed by atoms with E-state index in [1.807, 2.05) is 27.7 Å². The Morgan fingerprint density at radius 2 is 1.77 bits per heavy atom. The Kier molecular flexibility index (Phi) is 4.22. The van der Waals surface area contributed by atoms with E-state index < -0.39 is 10.0 Å². The third-order valence-corrected chi connectivity index (χ3v) is 4.67. The maximum Gasteiger partial charge on any atom is 0.228 e. The van der Waals surface area contributed by atoms with Crippen LogP contribution in [0.1, 0.15) is 27.7 Å². The average molecular weight is 228 g/mol. The Morgan fingerprint density at radius 1 is 1.38 bits per heavy atom. The van der Waals surface area contributed by atoms with Crippen LogP contribution in [-0.2, 0) is 10.0 Å². The first kappa shape index (κ1) is 13.2. The number of hydrogen-bond donors (Lipinski definition) is 0. The number of halogens is 1. The minimum Gasteiger partial charge on any atom is -0.211 e. The first-order chi connectivity index (χ1) is 5.63. The largest absolute Gasteiger partial charge is 0.228 e. The normalized spacial score (nSPS) is 16.2. The molecule has 1 unspecified atom stereocenters. The SMILES string of the molecule is CC(N(C)S(=O)(=O)CCl)C(C)(C)C. The van der Waals surface area contributed by atoms with Crippen LogP contribution >= 0.6 is 11.6 Å². The summed E-state index contributed by atoms with van der Waals surface area (Å²) in [5, 5.41) is -0.357. The highest BCUT2D eigenvalue weighted by Gasteiger charge is 2.30. The number of rotatable bonds is 3. The van der Waals surface area contributed by atoms with Crippen LogP contribution < -0.4 is 0 Å². The lowest BCUT2D eigenvalue weighted by Gasteiger charge is -2.33. The van der Waals surface area contributed by atoms with Crippen LogP contribution in [0.3, 0.4) is 0 Å². The molecule has 80 valence electrons. The molecule has 0 aliphatic heterocycles. The molecule has 0 rings (SSSR count). The van der Waals surface area contributed by atoms with Crippen molar-refractivity contribution in [3.8, 4) is 0 Å². The van der Waals surface area contributed by atoms with E-state index in [1.165, 1.54) is 4.31 Å². The lowest BCUT2D eigenvalue weighted by molar-refractivity contribution is 0.217. The molecule has 0 N–H and O–H groups in total. The molecule has 0 aromatic rings. The van der Waals surface area contributed by atoms with Crippen molar-refractivity contribution >= 4 is 21.6 Å². The molecule has 0 heterocycles. The van der Waals surface area contributed by atoms with Crippen molar-refractivity contribution in [1.82, 2.24) is 4.31 Å². The molecule has 0 aliphatic rings. The van der Waals surface area contributed by atoms with Crippen LogP contribution in [0, 0.1) is 5.41 Å². The van der Waals surface area contributed by atoms with Gasteiger partial charge in [0.1, 0.15) is 5.21 Å². The Morgan fingerprint density at radius 3 is 2.00 bits per heavy atom. The van der Waals surface area contributed by atoms with E-state index in [-0.39, 0.29) is 16.7 Å². The lowest BCUT2D eigenvalue weighted by Crippen LogP contribution is -2.43. The Hall–Kier alpha value is 0.200. The van der Waals surface area contributed by atoms with Gasteiger partial charge in [0.15, 0.2) is 0 Å². The summed E-state index contributed by atoms with van der Waals surface area (Å²) in [5.74, 6) is 0. The second-order valence-electron chi connectivity index (χ2n) is 4.28. The zero-order valence-corrected chi connectivity index (χ0v) is 10.4. The summed E-state index contributed by atoms with van der Waals surface area (Å²) in [6.07, 6.45) is 0. The van der Waals surface area contributed by atoms with Gasteiger partial charge in [-0.3, -0.25) is 0 Å². The van der Waals surface area contributed by atoms with Crippen LogP contribution in [-0.4, -0.2) is 31.0 Å². The predicted molar refractivity (Wildman–Crippen MR) is 56.3 cm³/mol. The highest BCUT2D eigenvalue weighted by atomic mass is 35.5. The van der Waals surface area contributed by atoms with Crippen LogP contribution in [0.2, 0.25) is 0 Å². The molecule has 0 saturated heterocycles. The van der Waals surface area contributed by atoms with Gasteiger partial charge < -0.3 is 0 Å². The molecule has 0 aromatic heterocycles. The molecule has 0 radical (unpaired) electrons. The summed E-state index contributed by atoms with van der Waals surface area (Å²) in [5.41, 5.74) is -0.0755. The zero-order chi connectivity index (χ0) is 10.9. The summed E-state index contributed by atoms with van der Waals surface area (Å²) < 4.78 is 24.1. The van der Waals surface area contributed by atoms with Gasteiger partial charge in [-0.2, -0.15) is 0 Å². The second-order valence-corrected chi connectivity index (χ2v) is 6.89. The lowest BCUT2D eigenvalue weighted by atomic mass is 9.88. The van der Waals surface area contributed by atoms with E-state index in [4.69, 9.17) is 11.6 Å². The molecule has 0 spiro atoms. The predicted octanol–water partition coefficient (Wildman–Crippen LogP) is 1.88. The Bertz CT molecular complexity index is 256. The number of hydrogen-bond acceptors (Lipinski definition) is 2. The van der Waals surface area contributed by atoms with Crippen molar-refractivity contribution in [2.24, 2.45) is 5.41 Å². The molecule has 0 amide bonds. The number of alkyl halides is 1. The number of sulfonamides is 1. The van der Waals surface area contributed by atoms with Gasteiger partial charge in [-0.15, -0.1) is 11.6 Å². The standard InChI is InChI=1S/C8H18ClNO2S/c1-7(8(2,3)4)10(5)13(11,12)6-9/h7H,6H2,1-5H3. The van der Waals surface area contributed by atoms with E-state index >= 15 is 0 Å². The second kappa shape index (κ2) is 4.15. The first-order valence-electron chi connectivity index (χ1n) is 4.14. The van der Waals surface area contributed by atoms with Gasteiger partial charge in [-0.05, 0) is 12.3 Å². The molecule has 13 heavy (non-hydrogen) atoms. The fraction of sp³-hybridized carbons (Fsp3) is 1.00. The molecule has 5 heteroatoms. The fourth-order valence-electron chi connectivity index (χ4n) is 0.863. The average Bonchev–Trinajstić information content (AvgIpc) is 2.00. The minimum absolute atomic E-state index is 0.0590. The van der Waals surface area contributed by atoms with E-state index in [0.717, 1.165) is 0 Å². The van der Waals surface area contributed by atoms with Crippen molar-refractivity contribution in [3.05, 3.63) is 0 Å². The molecule has 0 saturated carbocycles. The Labute approximate surface area is 86.1 Å². The minimum atomic E-state index is -3.28. The highest BCUT2D eigenvalue weighted by molar-refractivity contribution is 7.90. The molecule has 0 aliphatic carbocycles. The van der Waals surface area contributed by atoms with Gasteiger partial charge in [0, 0.05) is 13.1 Å². The van der Waals surface area contributed by atoms with E-state index in [2.05, 4.69) is 0 Å². The summed E-state index contributed by atoms with van der Waals surface area (Å²) in [6.45, 7) is 7.87. The highest BCUT2D eigenvalue weighted by Crippen LogP contribution is 2.25. The van der Waals surface area contributed by atoms with E-state index in [9.17, 15) is 8.42 Å². The summed E-state index contributed by atoms with van der Waals surface area (Å²) in [4.78, 5) is 0. The zero-order valence-electron chi connectivity index (χ0n) is 8.83. The van der Waals surface area contributed by atoms with Crippen LogP contribution in [0.5, 0.6) is 0 Å². The third-order valence-electron chi connectivity index (χ3n) is 2.38. The van der Waals surface area contributed by atoms with Gasteiger partial charge in [-0.1, -0.05) is 20.8 Å². The van der Waals surface area contributed by atoms with E-state index in [1.54, 1.807) is 7.05 Å². The first-order valence-corrected chi connectivity index (χ1v) is 6.29. The van der Waals surface area contributed by atoms with Crippen molar-refractivity contribution in [3.63, 3.8) is 0 Å². The maximum atomic E-state index is 11.4. The summed E-state index contributed by atoms with van der Waals surface area (Å²) in [6, 6.07) is -0.0590. The van der Waals surface area contributed by atoms with Gasteiger partial charge in [0.05, 0.1) is 0 Å². The van der Waals surface area contributed by atoms with E-state index in [0.29, 0.717) is 0 Å². The quantitative estimate of drug-likeness (QED) is 0.691. The van der Waals surface area contributed by atoms with Gasteiger partial charge in [0.25, 0.3) is 0 Å². The van der Waals surface area contributed by atoms with Crippen molar-refractivity contribution < 1.29 is 8.42 Å². The molecule has 0 bridgehead atoms. The van der Waals surface area contributed by atoms with Gasteiger partial charge >= 0.3 is 0 Å². The third kappa shape index (κ3) is 3.44. The monoisotopic (exact) mass is 227 g/mol. The fourth-order valence-corrected chi connectivity index (χ4v) is 2.28. The molecule has 1 atom stereocenters.